The molecule has 2 amide bonds. The first-order valence-corrected chi connectivity index (χ1v) is 9.33. The fourth-order valence-electron chi connectivity index (χ4n) is 4.74. The molecule has 0 aliphatic carbocycles. The Hall–Kier alpha value is -2.15. The van der Waals surface area contributed by atoms with E-state index in [0.29, 0.717) is 18.8 Å². The van der Waals surface area contributed by atoms with E-state index in [9.17, 15) is 9.59 Å². The molecule has 7 heteroatoms. The minimum Gasteiger partial charge on any atom is -0.360 e. The lowest BCUT2D eigenvalue weighted by Gasteiger charge is -2.29. The van der Waals surface area contributed by atoms with Gasteiger partial charge in [-0.3, -0.25) is 9.59 Å². The molecule has 7 nitrogen and oxygen atoms in total. The van der Waals surface area contributed by atoms with E-state index >= 15 is 0 Å². The van der Waals surface area contributed by atoms with Crippen molar-refractivity contribution < 1.29 is 18.8 Å². The SMILES string of the molecule is CCC(CC)N1C[C@]23C=C[C@H](O2)[C@H](C(=O)N(C)Cc2ccno2)[C@@H]3C1=O. The first-order chi connectivity index (χ1) is 12.5. The molecule has 3 aliphatic rings. The van der Waals surface area contributed by atoms with Crippen molar-refractivity contribution in [3.8, 4) is 0 Å². The third-order valence-electron chi connectivity index (χ3n) is 6.06. The standard InChI is InChI=1S/C19H25N3O4/c1-4-12(5-2)22-11-19-8-6-14(25-19)15(16(19)18(22)24)17(23)21(3)10-13-7-9-20-26-13/h6-9,12,14-16H,4-5,10-11H2,1-3H3/t14-,15-,16+,19-/m0/s1. The Labute approximate surface area is 152 Å². The van der Waals surface area contributed by atoms with E-state index in [1.807, 2.05) is 17.1 Å². The van der Waals surface area contributed by atoms with Crippen molar-refractivity contribution in [2.45, 2.75) is 51.0 Å². The molecule has 0 aromatic carbocycles. The first-order valence-electron chi connectivity index (χ1n) is 9.33. The monoisotopic (exact) mass is 359 g/mol. The summed E-state index contributed by atoms with van der Waals surface area (Å²) in [6.07, 6.45) is 7.00. The van der Waals surface area contributed by atoms with Crippen LogP contribution in [0.4, 0.5) is 0 Å². The summed E-state index contributed by atoms with van der Waals surface area (Å²) < 4.78 is 11.3. The number of rotatable bonds is 6. The van der Waals surface area contributed by atoms with Gasteiger partial charge in [0.05, 0.1) is 37.2 Å². The molecule has 0 N–H and O–H groups in total. The first kappa shape index (κ1) is 17.3. The summed E-state index contributed by atoms with van der Waals surface area (Å²) in [5, 5.41) is 3.67. The summed E-state index contributed by atoms with van der Waals surface area (Å²) >= 11 is 0. The number of carbonyl (C=O) groups excluding carboxylic acids is 2. The van der Waals surface area contributed by atoms with Gasteiger partial charge >= 0.3 is 0 Å². The summed E-state index contributed by atoms with van der Waals surface area (Å²) in [5.41, 5.74) is -0.641. The average Bonchev–Trinajstić information content (AvgIpc) is 3.38. The third-order valence-corrected chi connectivity index (χ3v) is 6.06. The largest absolute Gasteiger partial charge is 0.360 e. The van der Waals surface area contributed by atoms with Crippen molar-refractivity contribution >= 4 is 11.8 Å². The zero-order valence-corrected chi connectivity index (χ0v) is 15.4. The van der Waals surface area contributed by atoms with Gasteiger partial charge in [0, 0.05) is 19.2 Å². The molecular formula is C19H25N3O4. The molecule has 2 bridgehead atoms. The Bertz CT molecular complexity index is 727. The molecule has 140 valence electrons. The van der Waals surface area contributed by atoms with Crippen LogP contribution in [-0.4, -0.2) is 58.1 Å². The number of hydrogen-bond acceptors (Lipinski definition) is 5. The smallest absolute Gasteiger partial charge is 0.230 e. The van der Waals surface area contributed by atoms with Gasteiger partial charge in [-0.15, -0.1) is 0 Å². The number of nitrogens with zero attached hydrogens (tertiary/aromatic N) is 3. The van der Waals surface area contributed by atoms with Crippen LogP contribution >= 0.6 is 0 Å². The van der Waals surface area contributed by atoms with Gasteiger partial charge in [0.1, 0.15) is 5.60 Å². The van der Waals surface area contributed by atoms with Crippen molar-refractivity contribution in [3.63, 3.8) is 0 Å². The predicted octanol–water partition coefficient (Wildman–Crippen LogP) is 1.60. The highest BCUT2D eigenvalue weighted by Crippen LogP contribution is 2.52. The normalized spacial score (nSPS) is 31.9. The average molecular weight is 359 g/mol. The van der Waals surface area contributed by atoms with Gasteiger partial charge in [-0.05, 0) is 12.8 Å². The van der Waals surface area contributed by atoms with E-state index in [1.165, 1.54) is 0 Å². The highest BCUT2D eigenvalue weighted by Gasteiger charge is 2.67. The topological polar surface area (TPSA) is 75.9 Å². The van der Waals surface area contributed by atoms with Gasteiger partial charge < -0.3 is 19.1 Å². The van der Waals surface area contributed by atoms with Crippen LogP contribution in [0.5, 0.6) is 0 Å². The zero-order chi connectivity index (χ0) is 18.5. The maximum atomic E-state index is 13.2. The number of likely N-dealkylation sites (tertiary alicyclic amines) is 1. The van der Waals surface area contributed by atoms with E-state index in [0.717, 1.165) is 12.8 Å². The second kappa shape index (κ2) is 6.23. The Balaban J connectivity index is 1.57. The molecular weight excluding hydrogens is 334 g/mol. The van der Waals surface area contributed by atoms with E-state index in [4.69, 9.17) is 9.26 Å². The summed E-state index contributed by atoms with van der Waals surface area (Å²) in [6.45, 7) is 5.06. The zero-order valence-electron chi connectivity index (χ0n) is 15.4. The lowest BCUT2D eigenvalue weighted by Crippen LogP contribution is -2.45. The van der Waals surface area contributed by atoms with Crippen LogP contribution in [0.25, 0.3) is 0 Å². The Morgan fingerprint density at radius 3 is 2.88 bits per heavy atom. The van der Waals surface area contributed by atoms with Crippen molar-refractivity contribution in [2.24, 2.45) is 11.8 Å². The van der Waals surface area contributed by atoms with E-state index in [-0.39, 0.29) is 24.0 Å². The van der Waals surface area contributed by atoms with E-state index in [1.54, 1.807) is 24.2 Å². The number of carbonyl (C=O) groups is 2. The Morgan fingerprint density at radius 2 is 2.23 bits per heavy atom. The van der Waals surface area contributed by atoms with Crippen LogP contribution in [-0.2, 0) is 20.9 Å². The summed E-state index contributed by atoms with van der Waals surface area (Å²) in [4.78, 5) is 29.9. The molecule has 4 rings (SSSR count). The molecule has 2 saturated heterocycles. The number of amides is 2. The molecule has 4 atom stereocenters. The molecule has 0 radical (unpaired) electrons. The minimum atomic E-state index is -0.641. The molecule has 4 heterocycles. The summed E-state index contributed by atoms with van der Waals surface area (Å²) in [7, 11) is 1.73. The third kappa shape index (κ3) is 2.40. The second-order valence-electron chi connectivity index (χ2n) is 7.51. The predicted molar refractivity (Wildman–Crippen MR) is 92.8 cm³/mol. The Morgan fingerprint density at radius 1 is 1.46 bits per heavy atom. The number of aromatic nitrogens is 1. The van der Waals surface area contributed by atoms with Crippen LogP contribution < -0.4 is 0 Å². The van der Waals surface area contributed by atoms with Crippen molar-refractivity contribution in [2.75, 3.05) is 13.6 Å². The molecule has 1 aromatic rings. The van der Waals surface area contributed by atoms with Gasteiger partial charge in [-0.2, -0.15) is 0 Å². The van der Waals surface area contributed by atoms with Crippen LogP contribution in [0, 0.1) is 11.8 Å². The molecule has 3 aliphatic heterocycles. The molecule has 2 fully saturated rings. The van der Waals surface area contributed by atoms with Crippen LogP contribution in [0.1, 0.15) is 32.4 Å². The van der Waals surface area contributed by atoms with E-state index in [2.05, 4.69) is 19.0 Å². The van der Waals surface area contributed by atoms with Gasteiger partial charge in [-0.1, -0.05) is 31.2 Å². The fourth-order valence-corrected chi connectivity index (χ4v) is 4.74. The van der Waals surface area contributed by atoms with E-state index < -0.39 is 17.4 Å². The van der Waals surface area contributed by atoms with Gasteiger partial charge in [-0.25, -0.2) is 0 Å². The van der Waals surface area contributed by atoms with Crippen molar-refractivity contribution in [1.82, 2.24) is 15.0 Å². The molecule has 0 saturated carbocycles. The summed E-state index contributed by atoms with van der Waals surface area (Å²) in [5.74, 6) is -0.312. The number of ether oxygens (including phenoxy) is 1. The van der Waals surface area contributed by atoms with Crippen LogP contribution in [0.15, 0.2) is 28.9 Å². The number of fused-ring (bicyclic) bond motifs is 1. The highest BCUT2D eigenvalue weighted by atomic mass is 16.5. The molecule has 1 spiro atoms. The number of hydrogen-bond donors (Lipinski definition) is 0. The minimum absolute atomic E-state index is 0.0527. The van der Waals surface area contributed by atoms with Gasteiger partial charge in [0.2, 0.25) is 11.8 Å². The lowest BCUT2D eigenvalue weighted by molar-refractivity contribution is -0.143. The Kier molecular flexibility index (Phi) is 4.14. The van der Waals surface area contributed by atoms with Gasteiger partial charge in [0.15, 0.2) is 5.76 Å². The maximum absolute atomic E-state index is 13.2. The van der Waals surface area contributed by atoms with Crippen molar-refractivity contribution in [1.29, 1.82) is 0 Å². The lowest BCUT2D eigenvalue weighted by atomic mass is 9.76. The highest BCUT2D eigenvalue weighted by molar-refractivity contribution is 5.93. The second-order valence-corrected chi connectivity index (χ2v) is 7.51. The summed E-state index contributed by atoms with van der Waals surface area (Å²) in [6, 6.07) is 1.93. The quantitative estimate of drug-likeness (QED) is 0.721. The van der Waals surface area contributed by atoms with Crippen LogP contribution in [0.2, 0.25) is 0 Å². The maximum Gasteiger partial charge on any atom is 0.230 e. The van der Waals surface area contributed by atoms with Crippen LogP contribution in [0.3, 0.4) is 0 Å². The molecule has 0 unspecified atom stereocenters. The molecule has 1 aromatic heterocycles. The molecule has 26 heavy (non-hydrogen) atoms. The van der Waals surface area contributed by atoms with Crippen molar-refractivity contribution in [3.05, 3.63) is 30.2 Å². The van der Waals surface area contributed by atoms with Gasteiger partial charge in [0.25, 0.3) is 0 Å². The fraction of sp³-hybridized carbons (Fsp3) is 0.632.